The molecule has 0 aliphatic rings. The van der Waals surface area contributed by atoms with Crippen molar-refractivity contribution in [2.45, 2.75) is 27.2 Å². The highest BCUT2D eigenvalue weighted by atomic mass is 15.2. The molecule has 4 nitrogen and oxygen atoms in total. The van der Waals surface area contributed by atoms with E-state index in [0.717, 1.165) is 24.5 Å². The first kappa shape index (κ1) is 14.3. The van der Waals surface area contributed by atoms with E-state index in [9.17, 15) is 0 Å². The van der Waals surface area contributed by atoms with Gasteiger partial charge in [0, 0.05) is 25.5 Å². The van der Waals surface area contributed by atoms with Crippen molar-refractivity contribution in [3.63, 3.8) is 0 Å². The quantitative estimate of drug-likeness (QED) is 0.899. The van der Waals surface area contributed by atoms with E-state index in [1.54, 1.807) is 6.20 Å². The molecule has 0 unspecified atom stereocenters. The van der Waals surface area contributed by atoms with Gasteiger partial charge in [0.1, 0.15) is 5.82 Å². The second-order valence-corrected chi connectivity index (χ2v) is 5.01. The molecule has 1 heterocycles. The number of aryl methyl sites for hydroxylation is 2. The van der Waals surface area contributed by atoms with Crippen LogP contribution in [-0.4, -0.2) is 23.6 Å². The summed E-state index contributed by atoms with van der Waals surface area (Å²) < 4.78 is 0. The molecule has 0 saturated carbocycles. The lowest BCUT2D eigenvalue weighted by Gasteiger charge is -2.21. The lowest BCUT2D eigenvalue weighted by Crippen LogP contribution is -2.14. The van der Waals surface area contributed by atoms with Crippen molar-refractivity contribution >= 4 is 17.5 Å². The van der Waals surface area contributed by atoms with Gasteiger partial charge in [0.25, 0.3) is 0 Å². The topological polar surface area (TPSA) is 41.1 Å². The molecule has 0 fully saturated rings. The number of nitrogens with one attached hydrogen (secondary N) is 1. The average molecular weight is 270 g/mol. The summed E-state index contributed by atoms with van der Waals surface area (Å²) in [6.45, 7) is 7.24. The molecule has 0 aliphatic carbocycles. The van der Waals surface area contributed by atoms with Crippen LogP contribution in [0.25, 0.3) is 0 Å². The number of benzene rings is 1. The first-order valence-corrected chi connectivity index (χ1v) is 6.99. The van der Waals surface area contributed by atoms with Crippen LogP contribution < -0.4 is 10.2 Å². The Morgan fingerprint density at radius 1 is 1.20 bits per heavy atom. The zero-order valence-corrected chi connectivity index (χ0v) is 12.6. The summed E-state index contributed by atoms with van der Waals surface area (Å²) in [6.07, 6.45) is 2.85. The molecule has 1 N–H and O–H groups in total. The zero-order valence-electron chi connectivity index (χ0n) is 12.6. The number of hydrogen-bond acceptors (Lipinski definition) is 4. The fraction of sp³-hybridized carbons (Fsp3) is 0.375. The Morgan fingerprint density at radius 2 is 2.00 bits per heavy atom. The normalized spacial score (nSPS) is 10.4. The van der Waals surface area contributed by atoms with Crippen LogP contribution in [0, 0.1) is 13.8 Å². The van der Waals surface area contributed by atoms with Crippen molar-refractivity contribution in [2.24, 2.45) is 0 Å². The van der Waals surface area contributed by atoms with Crippen LogP contribution in [0.3, 0.4) is 0 Å². The molecule has 0 spiro atoms. The summed E-state index contributed by atoms with van der Waals surface area (Å²) in [5.74, 6) is 1.58. The molecule has 0 atom stereocenters. The summed E-state index contributed by atoms with van der Waals surface area (Å²) >= 11 is 0. The lowest BCUT2D eigenvalue weighted by molar-refractivity contribution is 0.948. The molecular formula is C16H22N4. The van der Waals surface area contributed by atoms with E-state index in [1.165, 1.54) is 11.1 Å². The molecular weight excluding hydrogens is 248 g/mol. The molecule has 0 saturated heterocycles. The minimum Gasteiger partial charge on any atom is -0.354 e. The highest BCUT2D eigenvalue weighted by Gasteiger charge is 2.09. The Hall–Kier alpha value is -2.10. The number of rotatable bonds is 5. The number of anilines is 3. The van der Waals surface area contributed by atoms with Crippen LogP contribution in [0.2, 0.25) is 0 Å². The van der Waals surface area contributed by atoms with Crippen molar-refractivity contribution < 1.29 is 0 Å². The van der Waals surface area contributed by atoms with Crippen molar-refractivity contribution in [1.82, 2.24) is 9.97 Å². The SMILES string of the molecule is CCCNc1nccc(N(C)c2ccc(C)cc2C)n1. The number of nitrogens with zero attached hydrogens (tertiary/aromatic N) is 3. The fourth-order valence-electron chi connectivity index (χ4n) is 2.16. The van der Waals surface area contributed by atoms with Gasteiger partial charge >= 0.3 is 0 Å². The first-order chi connectivity index (χ1) is 9.61. The molecule has 2 rings (SSSR count). The van der Waals surface area contributed by atoms with Crippen LogP contribution in [0.1, 0.15) is 24.5 Å². The average Bonchev–Trinajstić information content (AvgIpc) is 2.45. The summed E-state index contributed by atoms with van der Waals surface area (Å²) in [5.41, 5.74) is 3.68. The fourth-order valence-corrected chi connectivity index (χ4v) is 2.16. The van der Waals surface area contributed by atoms with E-state index in [1.807, 2.05) is 13.1 Å². The molecule has 20 heavy (non-hydrogen) atoms. The van der Waals surface area contributed by atoms with Gasteiger partial charge in [0.15, 0.2) is 0 Å². The minimum atomic E-state index is 0.681. The van der Waals surface area contributed by atoms with Gasteiger partial charge in [-0.1, -0.05) is 24.6 Å². The first-order valence-electron chi connectivity index (χ1n) is 6.99. The monoisotopic (exact) mass is 270 g/mol. The number of aromatic nitrogens is 2. The number of hydrogen-bond donors (Lipinski definition) is 1. The Labute approximate surface area is 120 Å². The lowest BCUT2D eigenvalue weighted by atomic mass is 10.1. The largest absolute Gasteiger partial charge is 0.354 e. The molecule has 2 aromatic rings. The Kier molecular flexibility index (Phi) is 4.56. The van der Waals surface area contributed by atoms with Gasteiger partial charge < -0.3 is 10.2 Å². The van der Waals surface area contributed by atoms with E-state index in [2.05, 4.69) is 59.2 Å². The highest BCUT2D eigenvalue weighted by molar-refractivity contribution is 5.63. The third-order valence-electron chi connectivity index (χ3n) is 3.23. The van der Waals surface area contributed by atoms with Gasteiger partial charge in [-0.05, 0) is 38.0 Å². The van der Waals surface area contributed by atoms with Crippen LogP contribution >= 0.6 is 0 Å². The maximum absolute atomic E-state index is 4.55. The Morgan fingerprint density at radius 3 is 2.70 bits per heavy atom. The van der Waals surface area contributed by atoms with Gasteiger partial charge in [-0.2, -0.15) is 4.98 Å². The van der Waals surface area contributed by atoms with E-state index >= 15 is 0 Å². The minimum absolute atomic E-state index is 0.681. The van der Waals surface area contributed by atoms with Crippen molar-refractivity contribution in [3.05, 3.63) is 41.6 Å². The maximum Gasteiger partial charge on any atom is 0.224 e. The van der Waals surface area contributed by atoms with Crippen molar-refractivity contribution in [1.29, 1.82) is 0 Å². The Balaban J connectivity index is 2.26. The third-order valence-corrected chi connectivity index (χ3v) is 3.23. The standard InChI is InChI=1S/C16H22N4/c1-5-9-17-16-18-10-8-15(19-16)20(4)14-7-6-12(2)11-13(14)3/h6-8,10-11H,5,9H2,1-4H3,(H,17,18,19). The molecule has 1 aromatic heterocycles. The summed E-state index contributed by atoms with van der Waals surface area (Å²) in [4.78, 5) is 10.9. The van der Waals surface area contributed by atoms with Crippen LogP contribution in [-0.2, 0) is 0 Å². The molecule has 0 amide bonds. The molecule has 4 heteroatoms. The van der Waals surface area contributed by atoms with E-state index in [4.69, 9.17) is 0 Å². The zero-order chi connectivity index (χ0) is 14.5. The van der Waals surface area contributed by atoms with Gasteiger partial charge in [-0.25, -0.2) is 4.98 Å². The van der Waals surface area contributed by atoms with Crippen LogP contribution in [0.4, 0.5) is 17.5 Å². The van der Waals surface area contributed by atoms with Crippen LogP contribution in [0.15, 0.2) is 30.5 Å². The highest BCUT2D eigenvalue weighted by Crippen LogP contribution is 2.26. The maximum atomic E-state index is 4.55. The summed E-state index contributed by atoms with van der Waals surface area (Å²) in [7, 11) is 2.03. The molecule has 0 radical (unpaired) electrons. The Bertz CT molecular complexity index is 580. The van der Waals surface area contributed by atoms with E-state index in [0.29, 0.717) is 5.95 Å². The molecule has 106 valence electrons. The summed E-state index contributed by atoms with van der Waals surface area (Å²) in [5, 5.41) is 3.22. The van der Waals surface area contributed by atoms with Gasteiger partial charge in [0.05, 0.1) is 0 Å². The van der Waals surface area contributed by atoms with Gasteiger partial charge in [-0.15, -0.1) is 0 Å². The molecule has 1 aromatic carbocycles. The van der Waals surface area contributed by atoms with Gasteiger partial charge in [0.2, 0.25) is 5.95 Å². The third kappa shape index (κ3) is 3.26. The van der Waals surface area contributed by atoms with Gasteiger partial charge in [-0.3, -0.25) is 0 Å². The second-order valence-electron chi connectivity index (χ2n) is 5.01. The predicted octanol–water partition coefficient (Wildman–Crippen LogP) is 3.68. The van der Waals surface area contributed by atoms with Crippen LogP contribution in [0.5, 0.6) is 0 Å². The molecule has 0 bridgehead atoms. The summed E-state index contributed by atoms with van der Waals surface area (Å²) in [6, 6.07) is 8.36. The second kappa shape index (κ2) is 6.37. The van der Waals surface area contributed by atoms with E-state index in [-0.39, 0.29) is 0 Å². The predicted molar refractivity (Wildman–Crippen MR) is 84.8 cm³/mol. The van der Waals surface area contributed by atoms with E-state index < -0.39 is 0 Å². The molecule has 0 aliphatic heterocycles. The van der Waals surface area contributed by atoms with Crippen molar-refractivity contribution in [3.8, 4) is 0 Å². The van der Waals surface area contributed by atoms with Crippen molar-refractivity contribution in [2.75, 3.05) is 23.8 Å². The smallest absolute Gasteiger partial charge is 0.224 e.